The summed E-state index contributed by atoms with van der Waals surface area (Å²) in [5.74, 6) is 0.662. The van der Waals surface area contributed by atoms with Crippen LogP contribution in [-0.4, -0.2) is 19.6 Å². The van der Waals surface area contributed by atoms with Gasteiger partial charge in [-0.2, -0.15) is 0 Å². The summed E-state index contributed by atoms with van der Waals surface area (Å²) in [5.41, 5.74) is 1.61. The highest BCUT2D eigenvalue weighted by Crippen LogP contribution is 2.48. The number of benzene rings is 2. The average Bonchev–Trinajstić information content (AvgIpc) is 3.41. The van der Waals surface area contributed by atoms with Gasteiger partial charge >= 0.3 is 0 Å². The lowest BCUT2D eigenvalue weighted by molar-refractivity contribution is -0.123. The quantitative estimate of drug-likeness (QED) is 0.789. The minimum Gasteiger partial charge on any atom is -0.496 e. The molecule has 0 radical (unpaired) electrons. The van der Waals surface area contributed by atoms with Gasteiger partial charge in [-0.15, -0.1) is 0 Å². The van der Waals surface area contributed by atoms with Crippen molar-refractivity contribution < 1.29 is 13.9 Å². The standard InChI is InChI=1S/C20H22FNO2/c1-24-18-7-3-2-5-15(18)6-4-14-22-19(23)20(12-13-20)16-8-10-17(21)11-9-16/h2-3,5,7-11H,4,6,12-14H2,1H3,(H,22,23). The molecule has 1 fully saturated rings. The Morgan fingerprint density at radius 1 is 1.17 bits per heavy atom. The van der Waals surface area contributed by atoms with Gasteiger partial charge < -0.3 is 10.1 Å². The van der Waals surface area contributed by atoms with E-state index in [2.05, 4.69) is 5.32 Å². The molecule has 0 heterocycles. The van der Waals surface area contributed by atoms with Gasteiger partial charge in [0.1, 0.15) is 11.6 Å². The monoisotopic (exact) mass is 327 g/mol. The Balaban J connectivity index is 1.52. The highest BCUT2D eigenvalue weighted by atomic mass is 19.1. The first-order valence-electron chi connectivity index (χ1n) is 8.32. The van der Waals surface area contributed by atoms with E-state index in [1.54, 1.807) is 19.2 Å². The summed E-state index contributed by atoms with van der Waals surface area (Å²) in [7, 11) is 1.67. The fourth-order valence-corrected chi connectivity index (χ4v) is 3.10. The number of halogens is 1. The molecule has 0 unspecified atom stereocenters. The Morgan fingerprint density at radius 2 is 1.88 bits per heavy atom. The van der Waals surface area contributed by atoms with E-state index < -0.39 is 5.41 Å². The fourth-order valence-electron chi connectivity index (χ4n) is 3.10. The summed E-state index contributed by atoms with van der Waals surface area (Å²) in [6.45, 7) is 0.625. The molecule has 0 atom stereocenters. The van der Waals surface area contributed by atoms with Crippen molar-refractivity contribution in [3.63, 3.8) is 0 Å². The van der Waals surface area contributed by atoms with E-state index in [1.165, 1.54) is 12.1 Å². The molecule has 1 N–H and O–H groups in total. The van der Waals surface area contributed by atoms with Crippen LogP contribution in [0.15, 0.2) is 48.5 Å². The molecule has 1 aliphatic carbocycles. The molecular formula is C20H22FNO2. The zero-order valence-electron chi connectivity index (χ0n) is 13.8. The van der Waals surface area contributed by atoms with E-state index in [1.807, 2.05) is 24.3 Å². The maximum Gasteiger partial charge on any atom is 0.230 e. The van der Waals surface area contributed by atoms with Crippen LogP contribution < -0.4 is 10.1 Å². The second-order valence-electron chi connectivity index (χ2n) is 6.26. The number of aryl methyl sites for hydroxylation is 1. The van der Waals surface area contributed by atoms with E-state index >= 15 is 0 Å². The van der Waals surface area contributed by atoms with Gasteiger partial charge in [-0.25, -0.2) is 4.39 Å². The molecule has 3 nitrogen and oxygen atoms in total. The molecule has 24 heavy (non-hydrogen) atoms. The Labute approximate surface area is 141 Å². The average molecular weight is 327 g/mol. The van der Waals surface area contributed by atoms with Crippen LogP contribution in [0.5, 0.6) is 5.75 Å². The van der Waals surface area contributed by atoms with Crippen LogP contribution in [0.1, 0.15) is 30.4 Å². The summed E-state index contributed by atoms with van der Waals surface area (Å²) in [5, 5.41) is 3.03. The second kappa shape index (κ2) is 7.04. The third-order valence-electron chi connectivity index (χ3n) is 4.68. The molecule has 1 aliphatic rings. The molecule has 0 bridgehead atoms. The van der Waals surface area contributed by atoms with Crippen LogP contribution in [-0.2, 0) is 16.6 Å². The van der Waals surface area contributed by atoms with E-state index in [0.717, 1.165) is 42.6 Å². The Bertz CT molecular complexity index is 708. The molecule has 2 aromatic rings. The number of hydrogen-bond acceptors (Lipinski definition) is 2. The van der Waals surface area contributed by atoms with Crippen molar-refractivity contribution in [3.05, 3.63) is 65.5 Å². The summed E-state index contributed by atoms with van der Waals surface area (Å²) in [6.07, 6.45) is 3.37. The van der Waals surface area contributed by atoms with Crippen molar-refractivity contribution in [1.82, 2.24) is 5.32 Å². The molecule has 4 heteroatoms. The zero-order chi connectivity index (χ0) is 17.0. The van der Waals surface area contributed by atoms with Gasteiger partial charge in [0.2, 0.25) is 5.91 Å². The lowest BCUT2D eigenvalue weighted by Gasteiger charge is -2.16. The van der Waals surface area contributed by atoms with Crippen molar-refractivity contribution in [1.29, 1.82) is 0 Å². The van der Waals surface area contributed by atoms with Crippen LogP contribution in [0.2, 0.25) is 0 Å². The maximum absolute atomic E-state index is 13.1. The molecule has 0 spiro atoms. The number of rotatable bonds is 7. The highest BCUT2D eigenvalue weighted by Gasteiger charge is 2.50. The molecule has 0 aromatic heterocycles. The van der Waals surface area contributed by atoms with Crippen molar-refractivity contribution in [2.45, 2.75) is 31.1 Å². The minimum atomic E-state index is -0.446. The van der Waals surface area contributed by atoms with Crippen molar-refractivity contribution in [3.8, 4) is 5.75 Å². The summed E-state index contributed by atoms with van der Waals surface area (Å²) in [4.78, 5) is 12.5. The van der Waals surface area contributed by atoms with Crippen LogP contribution >= 0.6 is 0 Å². The number of hydrogen-bond donors (Lipinski definition) is 1. The third kappa shape index (κ3) is 3.42. The predicted octanol–water partition coefficient (Wildman–Crippen LogP) is 3.61. The van der Waals surface area contributed by atoms with E-state index in [0.29, 0.717) is 6.54 Å². The van der Waals surface area contributed by atoms with E-state index in [4.69, 9.17) is 4.74 Å². The zero-order valence-corrected chi connectivity index (χ0v) is 13.8. The molecule has 2 aromatic carbocycles. The SMILES string of the molecule is COc1ccccc1CCCNC(=O)C1(c2ccc(F)cc2)CC1. The number of amides is 1. The number of methoxy groups -OCH3 is 1. The molecule has 0 saturated heterocycles. The normalized spacial score (nSPS) is 14.9. The van der Waals surface area contributed by atoms with Crippen LogP contribution in [0, 0.1) is 5.82 Å². The van der Waals surface area contributed by atoms with Gasteiger partial charge in [0, 0.05) is 6.54 Å². The van der Waals surface area contributed by atoms with Gasteiger partial charge in [-0.3, -0.25) is 4.79 Å². The molecule has 1 amide bonds. The van der Waals surface area contributed by atoms with E-state index in [9.17, 15) is 9.18 Å². The number of para-hydroxylation sites is 1. The van der Waals surface area contributed by atoms with Crippen molar-refractivity contribution >= 4 is 5.91 Å². The second-order valence-corrected chi connectivity index (χ2v) is 6.26. The predicted molar refractivity (Wildman–Crippen MR) is 91.6 cm³/mol. The summed E-state index contributed by atoms with van der Waals surface area (Å²) in [6, 6.07) is 14.2. The number of nitrogens with one attached hydrogen (secondary N) is 1. The smallest absolute Gasteiger partial charge is 0.230 e. The van der Waals surface area contributed by atoms with Crippen LogP contribution in [0.25, 0.3) is 0 Å². The molecule has 3 rings (SSSR count). The number of ether oxygens (including phenoxy) is 1. The number of carbonyl (C=O) groups is 1. The lowest BCUT2D eigenvalue weighted by Crippen LogP contribution is -2.35. The molecule has 1 saturated carbocycles. The Kier molecular flexibility index (Phi) is 4.84. The first kappa shape index (κ1) is 16.5. The van der Waals surface area contributed by atoms with Crippen molar-refractivity contribution in [2.24, 2.45) is 0 Å². The van der Waals surface area contributed by atoms with Gasteiger partial charge in [-0.1, -0.05) is 30.3 Å². The maximum atomic E-state index is 13.1. The van der Waals surface area contributed by atoms with Gasteiger partial charge in [-0.05, 0) is 55.0 Å². The van der Waals surface area contributed by atoms with E-state index in [-0.39, 0.29) is 11.7 Å². The van der Waals surface area contributed by atoms with Crippen LogP contribution in [0.3, 0.4) is 0 Å². The fraction of sp³-hybridized carbons (Fsp3) is 0.350. The minimum absolute atomic E-state index is 0.0501. The van der Waals surface area contributed by atoms with Gasteiger partial charge in [0.15, 0.2) is 0 Å². The molecule has 0 aliphatic heterocycles. The van der Waals surface area contributed by atoms with Crippen molar-refractivity contribution in [2.75, 3.05) is 13.7 Å². The highest BCUT2D eigenvalue weighted by molar-refractivity contribution is 5.91. The molecular weight excluding hydrogens is 305 g/mol. The number of carbonyl (C=O) groups excluding carboxylic acids is 1. The Hall–Kier alpha value is -2.36. The largest absolute Gasteiger partial charge is 0.496 e. The first-order valence-corrected chi connectivity index (χ1v) is 8.32. The Morgan fingerprint density at radius 3 is 2.54 bits per heavy atom. The topological polar surface area (TPSA) is 38.3 Å². The molecule has 126 valence electrons. The van der Waals surface area contributed by atoms with Gasteiger partial charge in [0.05, 0.1) is 12.5 Å². The summed E-state index contributed by atoms with van der Waals surface area (Å²) >= 11 is 0. The third-order valence-corrected chi connectivity index (χ3v) is 4.68. The summed E-state index contributed by atoms with van der Waals surface area (Å²) < 4.78 is 18.4. The van der Waals surface area contributed by atoms with Crippen LogP contribution in [0.4, 0.5) is 4.39 Å². The van der Waals surface area contributed by atoms with Gasteiger partial charge in [0.25, 0.3) is 0 Å². The first-order chi connectivity index (χ1) is 11.7. The lowest BCUT2D eigenvalue weighted by atomic mass is 9.95.